The van der Waals surface area contributed by atoms with Crippen molar-refractivity contribution >= 4 is 11.6 Å². The SMILES string of the molecule is CC(CCl)COc1ccc(C(C)(C)c2ccc(OCC(O)Cn3cc(CO)nn3)cc2)cc1. The Balaban J connectivity index is 1.55. The lowest BCUT2D eigenvalue weighted by Crippen LogP contribution is -2.24. The Morgan fingerprint density at radius 1 is 0.970 bits per heavy atom. The maximum atomic E-state index is 10.2. The van der Waals surface area contributed by atoms with E-state index in [0.717, 1.165) is 11.3 Å². The summed E-state index contributed by atoms with van der Waals surface area (Å²) in [4.78, 5) is 0. The molecule has 0 radical (unpaired) electrons. The number of benzene rings is 2. The molecule has 1 heterocycles. The van der Waals surface area contributed by atoms with Gasteiger partial charge in [0.25, 0.3) is 0 Å². The first-order chi connectivity index (χ1) is 15.8. The van der Waals surface area contributed by atoms with Gasteiger partial charge in [-0.15, -0.1) is 16.7 Å². The summed E-state index contributed by atoms with van der Waals surface area (Å²) in [5, 5.41) is 26.9. The van der Waals surface area contributed by atoms with E-state index in [0.29, 0.717) is 29.8 Å². The summed E-state index contributed by atoms with van der Waals surface area (Å²) in [6.07, 6.45) is 0.849. The molecule has 33 heavy (non-hydrogen) atoms. The lowest BCUT2D eigenvalue weighted by molar-refractivity contribution is 0.0888. The number of nitrogens with zero attached hydrogens (tertiary/aromatic N) is 3. The van der Waals surface area contributed by atoms with Crippen LogP contribution in [0.1, 0.15) is 37.6 Å². The van der Waals surface area contributed by atoms with E-state index in [1.54, 1.807) is 6.20 Å². The summed E-state index contributed by atoms with van der Waals surface area (Å²) in [7, 11) is 0. The lowest BCUT2D eigenvalue weighted by atomic mass is 9.78. The molecule has 0 fully saturated rings. The van der Waals surface area contributed by atoms with Crippen LogP contribution in [0.4, 0.5) is 0 Å². The minimum atomic E-state index is -0.748. The van der Waals surface area contributed by atoms with Crippen molar-refractivity contribution in [2.45, 2.75) is 45.4 Å². The standard InChI is InChI=1S/C25H32ClN3O4/c1-18(12-26)16-32-23-8-4-19(5-9-23)25(2,3)20-6-10-24(11-7-20)33-17-22(31)14-29-13-21(15-30)27-28-29/h4-11,13,18,22,30-31H,12,14-17H2,1-3H3. The van der Waals surface area contributed by atoms with Gasteiger partial charge in [0, 0.05) is 17.2 Å². The largest absolute Gasteiger partial charge is 0.493 e. The fraction of sp³-hybridized carbons (Fsp3) is 0.440. The third-order valence-electron chi connectivity index (χ3n) is 5.54. The van der Waals surface area contributed by atoms with Gasteiger partial charge in [-0.05, 0) is 35.4 Å². The van der Waals surface area contributed by atoms with Gasteiger partial charge in [-0.25, -0.2) is 4.68 Å². The molecule has 2 atom stereocenters. The molecule has 0 amide bonds. The van der Waals surface area contributed by atoms with E-state index in [1.165, 1.54) is 10.2 Å². The van der Waals surface area contributed by atoms with E-state index in [-0.39, 0.29) is 25.2 Å². The van der Waals surface area contributed by atoms with Crippen molar-refractivity contribution < 1.29 is 19.7 Å². The number of aliphatic hydroxyl groups excluding tert-OH is 2. The average molecular weight is 474 g/mol. The lowest BCUT2D eigenvalue weighted by Gasteiger charge is -2.26. The van der Waals surface area contributed by atoms with Crippen molar-refractivity contribution in [1.82, 2.24) is 15.0 Å². The van der Waals surface area contributed by atoms with Gasteiger partial charge in [0.1, 0.15) is 29.9 Å². The van der Waals surface area contributed by atoms with Crippen LogP contribution in [0.25, 0.3) is 0 Å². The van der Waals surface area contributed by atoms with E-state index in [2.05, 4.69) is 43.2 Å². The van der Waals surface area contributed by atoms with Crippen LogP contribution in [0.15, 0.2) is 54.7 Å². The molecular formula is C25H32ClN3O4. The summed E-state index contributed by atoms with van der Waals surface area (Å²) in [6, 6.07) is 16.1. The van der Waals surface area contributed by atoms with Gasteiger partial charge >= 0.3 is 0 Å². The van der Waals surface area contributed by atoms with Crippen molar-refractivity contribution in [2.75, 3.05) is 19.1 Å². The first-order valence-electron chi connectivity index (χ1n) is 11.0. The van der Waals surface area contributed by atoms with E-state index in [1.807, 2.05) is 36.4 Å². The quantitative estimate of drug-likeness (QED) is 0.389. The minimum absolute atomic E-state index is 0.126. The van der Waals surface area contributed by atoms with Crippen molar-refractivity contribution in [1.29, 1.82) is 0 Å². The van der Waals surface area contributed by atoms with Gasteiger partial charge in [-0.2, -0.15) is 0 Å². The molecule has 0 spiro atoms. The van der Waals surface area contributed by atoms with Crippen LogP contribution in [-0.2, 0) is 18.6 Å². The van der Waals surface area contributed by atoms with Crippen molar-refractivity contribution in [2.24, 2.45) is 5.92 Å². The molecule has 0 aliphatic carbocycles. The molecule has 3 aromatic rings. The monoisotopic (exact) mass is 473 g/mol. The van der Waals surface area contributed by atoms with Gasteiger partial charge < -0.3 is 19.7 Å². The molecule has 7 nitrogen and oxygen atoms in total. The number of ether oxygens (including phenoxy) is 2. The van der Waals surface area contributed by atoms with Gasteiger partial charge in [0.15, 0.2) is 0 Å². The predicted molar refractivity (Wildman–Crippen MR) is 128 cm³/mol. The Morgan fingerprint density at radius 3 is 2.00 bits per heavy atom. The van der Waals surface area contributed by atoms with Crippen LogP contribution in [0.2, 0.25) is 0 Å². The highest BCUT2D eigenvalue weighted by atomic mass is 35.5. The second-order valence-corrected chi connectivity index (χ2v) is 9.11. The molecule has 0 bridgehead atoms. The molecule has 2 unspecified atom stereocenters. The zero-order chi connectivity index (χ0) is 23.8. The zero-order valence-corrected chi connectivity index (χ0v) is 20.1. The molecule has 0 saturated heterocycles. The fourth-order valence-electron chi connectivity index (χ4n) is 3.35. The second kappa shape index (κ2) is 11.5. The normalized spacial score (nSPS) is 13.5. The van der Waals surface area contributed by atoms with Crippen molar-refractivity contribution in [3.63, 3.8) is 0 Å². The van der Waals surface area contributed by atoms with Gasteiger partial charge in [0.2, 0.25) is 0 Å². The number of rotatable bonds is 12. The highest BCUT2D eigenvalue weighted by Crippen LogP contribution is 2.33. The summed E-state index contributed by atoms with van der Waals surface area (Å²) >= 11 is 5.84. The number of halogens is 1. The van der Waals surface area contributed by atoms with Gasteiger partial charge in [-0.1, -0.05) is 50.3 Å². The van der Waals surface area contributed by atoms with Gasteiger partial charge in [-0.3, -0.25) is 0 Å². The fourth-order valence-corrected chi connectivity index (χ4v) is 3.44. The highest BCUT2D eigenvalue weighted by Gasteiger charge is 2.23. The van der Waals surface area contributed by atoms with Crippen molar-refractivity contribution in [3.8, 4) is 11.5 Å². The molecular weight excluding hydrogens is 442 g/mol. The number of aliphatic hydroxyl groups is 2. The maximum absolute atomic E-state index is 10.2. The Hall–Kier alpha value is -2.61. The molecule has 178 valence electrons. The first kappa shape index (κ1) is 25.0. The van der Waals surface area contributed by atoms with Crippen LogP contribution >= 0.6 is 11.6 Å². The molecule has 0 saturated carbocycles. The summed E-state index contributed by atoms with van der Waals surface area (Å²) in [5.41, 5.74) is 2.60. The average Bonchev–Trinajstić information content (AvgIpc) is 3.29. The molecule has 0 aliphatic rings. The van der Waals surface area contributed by atoms with E-state index in [4.69, 9.17) is 26.2 Å². The van der Waals surface area contributed by atoms with Gasteiger partial charge in [0.05, 0.1) is 26.0 Å². The second-order valence-electron chi connectivity index (χ2n) is 8.80. The van der Waals surface area contributed by atoms with E-state index < -0.39 is 6.10 Å². The van der Waals surface area contributed by atoms with E-state index in [9.17, 15) is 5.11 Å². The predicted octanol–water partition coefficient (Wildman–Crippen LogP) is 3.79. The summed E-state index contributed by atoms with van der Waals surface area (Å²) in [6.45, 7) is 7.20. The van der Waals surface area contributed by atoms with Crippen LogP contribution in [-0.4, -0.2) is 50.4 Å². The number of aromatic nitrogens is 3. The van der Waals surface area contributed by atoms with Crippen molar-refractivity contribution in [3.05, 3.63) is 71.5 Å². The first-order valence-corrected chi connectivity index (χ1v) is 11.6. The van der Waals surface area contributed by atoms with Crippen LogP contribution in [0, 0.1) is 5.92 Å². The molecule has 1 aromatic heterocycles. The molecule has 3 rings (SSSR count). The Bertz CT molecular complexity index is 990. The maximum Gasteiger partial charge on any atom is 0.119 e. The Morgan fingerprint density at radius 2 is 1.52 bits per heavy atom. The Labute approximate surface area is 199 Å². The number of hydrogen-bond acceptors (Lipinski definition) is 6. The number of hydrogen-bond donors (Lipinski definition) is 2. The topological polar surface area (TPSA) is 89.6 Å². The zero-order valence-electron chi connectivity index (χ0n) is 19.3. The van der Waals surface area contributed by atoms with Crippen LogP contribution in [0.3, 0.4) is 0 Å². The summed E-state index contributed by atoms with van der Waals surface area (Å²) in [5.74, 6) is 2.41. The third-order valence-corrected chi connectivity index (χ3v) is 6.07. The third kappa shape index (κ3) is 6.93. The van der Waals surface area contributed by atoms with Crippen LogP contribution < -0.4 is 9.47 Å². The molecule has 0 aliphatic heterocycles. The summed E-state index contributed by atoms with van der Waals surface area (Å²) < 4.78 is 13.0. The highest BCUT2D eigenvalue weighted by molar-refractivity contribution is 6.18. The minimum Gasteiger partial charge on any atom is -0.493 e. The smallest absolute Gasteiger partial charge is 0.119 e. The van der Waals surface area contributed by atoms with Crippen LogP contribution in [0.5, 0.6) is 11.5 Å². The number of alkyl halides is 1. The molecule has 2 N–H and O–H groups in total. The molecule has 8 heteroatoms. The van der Waals surface area contributed by atoms with E-state index >= 15 is 0 Å². The molecule has 2 aromatic carbocycles. The Kier molecular flexibility index (Phi) is 8.72.